The molecule has 5 rings (SSSR count). The van der Waals surface area contributed by atoms with Crippen molar-refractivity contribution >= 4 is 23.1 Å². The van der Waals surface area contributed by atoms with E-state index in [0.717, 1.165) is 39.3 Å². The van der Waals surface area contributed by atoms with Gasteiger partial charge in [-0.2, -0.15) is 5.10 Å². The summed E-state index contributed by atoms with van der Waals surface area (Å²) in [6, 6.07) is 27.1. The molecule has 0 saturated heterocycles. The smallest absolute Gasteiger partial charge is 0.248 e. The van der Waals surface area contributed by atoms with E-state index in [0.29, 0.717) is 11.5 Å². The highest BCUT2D eigenvalue weighted by Gasteiger charge is 2.10. The second kappa shape index (κ2) is 8.47. The number of primary amides is 1. The predicted molar refractivity (Wildman–Crippen MR) is 129 cm³/mol. The van der Waals surface area contributed by atoms with E-state index in [9.17, 15) is 4.79 Å². The molecule has 0 saturated carbocycles. The number of carbonyl (C=O) groups is 1. The highest BCUT2D eigenvalue weighted by Crippen LogP contribution is 2.28. The molecule has 0 radical (unpaired) electrons. The van der Waals surface area contributed by atoms with Gasteiger partial charge < -0.3 is 15.8 Å². The minimum atomic E-state index is -0.464. The van der Waals surface area contributed by atoms with Crippen molar-refractivity contribution in [2.24, 2.45) is 5.73 Å². The summed E-state index contributed by atoms with van der Waals surface area (Å²) in [5, 5.41) is 7.65. The number of anilines is 2. The molecule has 0 aliphatic rings. The Morgan fingerprint density at radius 3 is 2.39 bits per heavy atom. The standard InChI is InChI=1S/C26H21N5O2/c1-33-23-4-2-3-20(15-23)17-5-7-18(8-6-17)24-16-22-13-14-28-31(22)26(30-24)29-21-11-9-19(10-12-21)25(27)32/h2-16H,1H3,(H2,27,32)(H,29,30). The van der Waals surface area contributed by atoms with E-state index in [2.05, 4.69) is 40.7 Å². The number of nitrogens with one attached hydrogen (secondary N) is 1. The van der Waals surface area contributed by atoms with Gasteiger partial charge in [0, 0.05) is 16.8 Å². The van der Waals surface area contributed by atoms with E-state index in [1.807, 2.05) is 30.3 Å². The van der Waals surface area contributed by atoms with Crippen LogP contribution in [-0.2, 0) is 0 Å². The van der Waals surface area contributed by atoms with Crippen LogP contribution in [0.25, 0.3) is 27.9 Å². The number of carbonyl (C=O) groups excluding carboxylic acids is 1. The molecule has 0 bridgehead atoms. The first-order chi connectivity index (χ1) is 16.1. The Balaban J connectivity index is 1.48. The summed E-state index contributed by atoms with van der Waals surface area (Å²) in [4.78, 5) is 16.1. The van der Waals surface area contributed by atoms with Crippen LogP contribution in [0.2, 0.25) is 0 Å². The van der Waals surface area contributed by atoms with Crippen molar-refractivity contribution in [1.29, 1.82) is 0 Å². The second-order valence-corrected chi connectivity index (χ2v) is 7.51. The molecule has 0 aliphatic carbocycles. The van der Waals surface area contributed by atoms with Crippen LogP contribution >= 0.6 is 0 Å². The molecule has 0 spiro atoms. The summed E-state index contributed by atoms with van der Waals surface area (Å²) in [6.07, 6.45) is 1.73. The lowest BCUT2D eigenvalue weighted by atomic mass is 10.0. The number of benzene rings is 3. The predicted octanol–water partition coefficient (Wildman–Crippen LogP) is 4.91. The Kier molecular flexibility index (Phi) is 5.20. The zero-order valence-corrected chi connectivity index (χ0v) is 17.9. The first-order valence-corrected chi connectivity index (χ1v) is 10.4. The zero-order chi connectivity index (χ0) is 22.8. The van der Waals surface area contributed by atoms with E-state index in [4.69, 9.17) is 15.5 Å². The number of aromatic nitrogens is 3. The van der Waals surface area contributed by atoms with Crippen molar-refractivity contribution in [3.8, 4) is 28.1 Å². The van der Waals surface area contributed by atoms with E-state index < -0.39 is 5.91 Å². The fourth-order valence-corrected chi connectivity index (χ4v) is 3.65. The van der Waals surface area contributed by atoms with Gasteiger partial charge >= 0.3 is 0 Å². The molecule has 162 valence electrons. The third-order valence-electron chi connectivity index (χ3n) is 5.39. The van der Waals surface area contributed by atoms with Gasteiger partial charge in [0.25, 0.3) is 0 Å². The van der Waals surface area contributed by atoms with E-state index >= 15 is 0 Å². The van der Waals surface area contributed by atoms with Gasteiger partial charge in [0.05, 0.1) is 24.5 Å². The lowest BCUT2D eigenvalue weighted by Crippen LogP contribution is -2.10. The van der Waals surface area contributed by atoms with Gasteiger partial charge in [-0.3, -0.25) is 4.79 Å². The summed E-state index contributed by atoms with van der Waals surface area (Å²) in [5.41, 5.74) is 11.4. The van der Waals surface area contributed by atoms with Crippen LogP contribution in [0.5, 0.6) is 5.75 Å². The SMILES string of the molecule is COc1cccc(-c2ccc(-c3cc4ccnn4c(Nc4ccc(C(N)=O)cc4)n3)cc2)c1. The number of nitrogens with zero attached hydrogens (tertiary/aromatic N) is 3. The lowest BCUT2D eigenvalue weighted by Gasteiger charge is -2.11. The second-order valence-electron chi connectivity index (χ2n) is 7.51. The van der Waals surface area contributed by atoms with Crippen LogP contribution < -0.4 is 15.8 Å². The average molecular weight is 435 g/mol. The number of rotatable bonds is 6. The molecule has 0 unspecified atom stereocenters. The number of ether oxygens (including phenoxy) is 1. The Morgan fingerprint density at radius 2 is 1.67 bits per heavy atom. The fourth-order valence-electron chi connectivity index (χ4n) is 3.65. The number of nitrogens with two attached hydrogens (primary N) is 1. The van der Waals surface area contributed by atoms with Crippen LogP contribution in [0, 0.1) is 0 Å². The van der Waals surface area contributed by atoms with Crippen molar-refractivity contribution in [2.75, 3.05) is 12.4 Å². The first-order valence-electron chi connectivity index (χ1n) is 10.4. The molecule has 33 heavy (non-hydrogen) atoms. The quantitative estimate of drug-likeness (QED) is 0.395. The van der Waals surface area contributed by atoms with Crippen LogP contribution in [0.4, 0.5) is 11.6 Å². The highest BCUT2D eigenvalue weighted by molar-refractivity contribution is 5.93. The Hall–Kier alpha value is -4.65. The summed E-state index contributed by atoms with van der Waals surface area (Å²) >= 11 is 0. The molecular weight excluding hydrogens is 414 g/mol. The molecule has 5 aromatic rings. The summed E-state index contributed by atoms with van der Waals surface area (Å²) in [6.45, 7) is 0. The Morgan fingerprint density at radius 1 is 0.909 bits per heavy atom. The molecule has 3 aromatic carbocycles. The van der Waals surface area contributed by atoms with Gasteiger partial charge in [-0.15, -0.1) is 0 Å². The van der Waals surface area contributed by atoms with E-state index in [-0.39, 0.29) is 0 Å². The topological polar surface area (TPSA) is 94.5 Å². The number of methoxy groups -OCH3 is 1. The minimum absolute atomic E-state index is 0.447. The Labute approximate surface area is 190 Å². The number of hydrogen-bond acceptors (Lipinski definition) is 5. The Bertz CT molecular complexity index is 1440. The van der Waals surface area contributed by atoms with Crippen molar-refractivity contribution in [3.63, 3.8) is 0 Å². The highest BCUT2D eigenvalue weighted by atomic mass is 16.5. The number of hydrogen-bond donors (Lipinski definition) is 2. The summed E-state index contributed by atoms with van der Waals surface area (Å²) in [7, 11) is 1.66. The molecule has 0 aliphatic heterocycles. The minimum Gasteiger partial charge on any atom is -0.497 e. The van der Waals surface area contributed by atoms with Gasteiger partial charge in [-0.1, -0.05) is 36.4 Å². The van der Waals surface area contributed by atoms with Crippen molar-refractivity contribution in [2.45, 2.75) is 0 Å². The fraction of sp³-hybridized carbons (Fsp3) is 0.0385. The third kappa shape index (κ3) is 4.12. The first kappa shape index (κ1) is 20.3. The lowest BCUT2D eigenvalue weighted by molar-refractivity contribution is 0.100. The zero-order valence-electron chi connectivity index (χ0n) is 17.9. The monoisotopic (exact) mass is 435 g/mol. The third-order valence-corrected chi connectivity index (χ3v) is 5.39. The van der Waals surface area contributed by atoms with Gasteiger partial charge in [0.1, 0.15) is 5.75 Å². The van der Waals surface area contributed by atoms with Gasteiger partial charge in [-0.25, -0.2) is 9.50 Å². The maximum atomic E-state index is 11.3. The molecule has 3 N–H and O–H groups in total. The molecular formula is C26H21N5O2. The molecule has 7 heteroatoms. The van der Waals surface area contributed by atoms with Crippen molar-refractivity contribution < 1.29 is 9.53 Å². The van der Waals surface area contributed by atoms with Crippen molar-refractivity contribution in [1.82, 2.24) is 14.6 Å². The molecule has 2 heterocycles. The summed E-state index contributed by atoms with van der Waals surface area (Å²) < 4.78 is 7.07. The normalized spacial score (nSPS) is 10.8. The number of fused-ring (bicyclic) bond motifs is 1. The molecule has 0 fully saturated rings. The molecule has 1 amide bonds. The van der Waals surface area contributed by atoms with Crippen LogP contribution in [0.1, 0.15) is 10.4 Å². The van der Waals surface area contributed by atoms with Crippen LogP contribution in [-0.4, -0.2) is 27.6 Å². The molecule has 7 nitrogen and oxygen atoms in total. The van der Waals surface area contributed by atoms with E-state index in [1.165, 1.54) is 0 Å². The van der Waals surface area contributed by atoms with Gasteiger partial charge in [-0.05, 0) is 59.7 Å². The van der Waals surface area contributed by atoms with Crippen LogP contribution in [0.15, 0.2) is 91.1 Å². The van der Waals surface area contributed by atoms with Crippen LogP contribution in [0.3, 0.4) is 0 Å². The maximum absolute atomic E-state index is 11.3. The van der Waals surface area contributed by atoms with Gasteiger partial charge in [0.15, 0.2) is 0 Å². The molecule has 0 atom stereocenters. The largest absolute Gasteiger partial charge is 0.497 e. The van der Waals surface area contributed by atoms with E-state index in [1.54, 1.807) is 42.1 Å². The summed E-state index contributed by atoms with van der Waals surface area (Å²) in [5.74, 6) is 0.925. The number of amides is 1. The van der Waals surface area contributed by atoms with Crippen molar-refractivity contribution in [3.05, 3.63) is 96.7 Å². The maximum Gasteiger partial charge on any atom is 0.248 e. The average Bonchev–Trinajstić information content (AvgIpc) is 3.34. The van der Waals surface area contributed by atoms with Gasteiger partial charge in [0.2, 0.25) is 11.9 Å². The molecule has 2 aromatic heterocycles.